The number of aliphatic carboxylic acids is 1. The van der Waals surface area contributed by atoms with Crippen LogP contribution >= 0.6 is 0 Å². The van der Waals surface area contributed by atoms with Gasteiger partial charge in [-0.2, -0.15) is 0 Å². The van der Waals surface area contributed by atoms with E-state index in [1.54, 1.807) is 0 Å². The van der Waals surface area contributed by atoms with Gasteiger partial charge in [0, 0.05) is 0 Å². The molecule has 0 radical (unpaired) electrons. The Morgan fingerprint density at radius 2 is 1.57 bits per heavy atom. The second kappa shape index (κ2) is 9.29. The highest BCUT2D eigenvalue weighted by Crippen LogP contribution is 2.35. The third-order valence-corrected chi connectivity index (χ3v) is 4.83. The lowest BCUT2D eigenvalue weighted by Crippen LogP contribution is -2.31. The number of carboxylic acids is 1. The minimum absolute atomic E-state index is 0.0488. The largest absolute Gasteiger partial charge is 0.481 e. The Kier molecular flexibility index (Phi) is 8.86. The van der Waals surface area contributed by atoms with Crippen molar-refractivity contribution >= 4 is 11.9 Å². The SMILES string of the molecule is CC(C)CC(OC(=O)CC(CC(C)(C)C(C)C)C(=O)O)C(C)C. The van der Waals surface area contributed by atoms with Crippen LogP contribution in [0.1, 0.15) is 74.7 Å². The van der Waals surface area contributed by atoms with Crippen LogP contribution in [0, 0.1) is 29.1 Å². The Morgan fingerprint density at radius 1 is 1.04 bits per heavy atom. The number of carboxylic acid groups (broad SMARTS) is 1. The predicted octanol–water partition coefficient (Wildman–Crippen LogP) is 4.76. The van der Waals surface area contributed by atoms with Crippen molar-refractivity contribution in [3.05, 3.63) is 0 Å². The third kappa shape index (κ3) is 8.38. The van der Waals surface area contributed by atoms with Crippen LogP contribution in [0.4, 0.5) is 0 Å². The molecule has 1 N–H and O–H groups in total. The summed E-state index contributed by atoms with van der Waals surface area (Å²) in [4.78, 5) is 23.7. The van der Waals surface area contributed by atoms with Crippen LogP contribution in [0.2, 0.25) is 0 Å². The molecule has 4 heteroatoms. The summed E-state index contributed by atoms with van der Waals surface area (Å²) in [5.74, 6) is -0.976. The fourth-order valence-electron chi connectivity index (χ4n) is 2.46. The van der Waals surface area contributed by atoms with Gasteiger partial charge in [-0.05, 0) is 36.0 Å². The van der Waals surface area contributed by atoms with E-state index in [0.717, 1.165) is 6.42 Å². The molecule has 0 saturated carbocycles. The van der Waals surface area contributed by atoms with Crippen molar-refractivity contribution in [3.8, 4) is 0 Å². The van der Waals surface area contributed by atoms with Crippen LogP contribution in [0.15, 0.2) is 0 Å². The number of esters is 1. The Balaban J connectivity index is 4.82. The fraction of sp³-hybridized carbons (Fsp3) is 0.895. The van der Waals surface area contributed by atoms with Crippen molar-refractivity contribution in [2.75, 3.05) is 0 Å². The first-order valence-electron chi connectivity index (χ1n) is 8.79. The highest BCUT2D eigenvalue weighted by Gasteiger charge is 2.33. The Morgan fingerprint density at radius 3 is 1.91 bits per heavy atom. The molecule has 4 nitrogen and oxygen atoms in total. The summed E-state index contributed by atoms with van der Waals surface area (Å²) in [5.41, 5.74) is -0.126. The molecule has 2 atom stereocenters. The quantitative estimate of drug-likeness (QED) is 0.587. The van der Waals surface area contributed by atoms with Crippen molar-refractivity contribution in [2.45, 2.75) is 80.8 Å². The fourth-order valence-corrected chi connectivity index (χ4v) is 2.46. The monoisotopic (exact) mass is 328 g/mol. The molecule has 0 aromatic carbocycles. The molecular weight excluding hydrogens is 292 g/mol. The molecule has 0 aromatic rings. The van der Waals surface area contributed by atoms with E-state index in [-0.39, 0.29) is 23.9 Å². The second-order valence-electron chi connectivity index (χ2n) is 8.49. The van der Waals surface area contributed by atoms with E-state index in [2.05, 4.69) is 41.5 Å². The van der Waals surface area contributed by atoms with Gasteiger partial charge in [-0.3, -0.25) is 9.59 Å². The number of ether oxygens (including phenoxy) is 1. The Hall–Kier alpha value is -1.06. The molecule has 23 heavy (non-hydrogen) atoms. The van der Waals surface area contributed by atoms with E-state index < -0.39 is 17.9 Å². The topological polar surface area (TPSA) is 63.6 Å². The minimum atomic E-state index is -0.916. The summed E-state index contributed by atoms with van der Waals surface area (Å²) in [7, 11) is 0. The second-order valence-corrected chi connectivity index (χ2v) is 8.49. The predicted molar refractivity (Wildman–Crippen MR) is 93.2 cm³/mol. The molecule has 0 saturated heterocycles. The molecule has 0 fully saturated rings. The molecule has 0 aliphatic heterocycles. The van der Waals surface area contributed by atoms with Gasteiger partial charge in [0.15, 0.2) is 0 Å². The Bertz CT molecular complexity index is 383. The van der Waals surface area contributed by atoms with Crippen molar-refractivity contribution in [3.63, 3.8) is 0 Å². The maximum absolute atomic E-state index is 12.2. The van der Waals surface area contributed by atoms with E-state index in [1.165, 1.54) is 0 Å². The van der Waals surface area contributed by atoms with E-state index in [0.29, 0.717) is 18.3 Å². The first kappa shape index (κ1) is 21.9. The number of hydrogen-bond donors (Lipinski definition) is 1. The van der Waals surface area contributed by atoms with Gasteiger partial charge in [0.1, 0.15) is 6.10 Å². The average molecular weight is 328 g/mol. The normalized spacial score (nSPS) is 15.1. The van der Waals surface area contributed by atoms with Gasteiger partial charge in [0.25, 0.3) is 0 Å². The summed E-state index contributed by atoms with van der Waals surface area (Å²) in [6, 6.07) is 0. The summed E-state index contributed by atoms with van der Waals surface area (Å²) >= 11 is 0. The Labute approximate surface area is 142 Å². The lowest BCUT2D eigenvalue weighted by molar-refractivity contribution is -0.158. The lowest BCUT2D eigenvalue weighted by atomic mass is 9.73. The summed E-state index contributed by atoms with van der Waals surface area (Å²) in [5, 5.41) is 9.45. The maximum atomic E-state index is 12.2. The molecule has 0 aliphatic rings. The zero-order chi connectivity index (χ0) is 18.4. The summed E-state index contributed by atoms with van der Waals surface area (Å²) in [6.07, 6.45) is 1.09. The van der Waals surface area contributed by atoms with Crippen molar-refractivity contribution in [1.82, 2.24) is 0 Å². The maximum Gasteiger partial charge on any atom is 0.307 e. The van der Waals surface area contributed by atoms with Gasteiger partial charge in [-0.1, -0.05) is 55.4 Å². The van der Waals surface area contributed by atoms with Crippen molar-refractivity contribution < 1.29 is 19.4 Å². The van der Waals surface area contributed by atoms with Crippen LogP contribution < -0.4 is 0 Å². The van der Waals surface area contributed by atoms with E-state index >= 15 is 0 Å². The standard InChI is InChI=1S/C19H36O4/c1-12(2)9-16(13(3)4)23-17(20)10-15(18(21)22)11-19(7,8)14(5)6/h12-16H,9-11H2,1-8H3,(H,21,22). The van der Waals surface area contributed by atoms with Crippen LogP contribution in [0.5, 0.6) is 0 Å². The van der Waals surface area contributed by atoms with E-state index in [1.807, 2.05) is 13.8 Å². The number of hydrogen-bond acceptors (Lipinski definition) is 3. The zero-order valence-corrected chi connectivity index (χ0v) is 16.2. The smallest absolute Gasteiger partial charge is 0.307 e. The van der Waals surface area contributed by atoms with Gasteiger partial charge in [-0.25, -0.2) is 0 Å². The van der Waals surface area contributed by atoms with Crippen molar-refractivity contribution in [2.24, 2.45) is 29.1 Å². The lowest BCUT2D eigenvalue weighted by Gasteiger charge is -2.32. The molecule has 0 heterocycles. The first-order chi connectivity index (χ1) is 10.4. The number of carbonyl (C=O) groups excluding carboxylic acids is 1. The molecule has 2 unspecified atom stereocenters. The van der Waals surface area contributed by atoms with Crippen LogP contribution in [-0.4, -0.2) is 23.1 Å². The number of rotatable bonds is 10. The molecule has 0 rings (SSSR count). The highest BCUT2D eigenvalue weighted by atomic mass is 16.5. The molecule has 136 valence electrons. The molecule has 0 bridgehead atoms. The van der Waals surface area contributed by atoms with Gasteiger partial charge in [0.05, 0.1) is 12.3 Å². The van der Waals surface area contributed by atoms with Gasteiger partial charge in [0.2, 0.25) is 0 Å². The van der Waals surface area contributed by atoms with E-state index in [9.17, 15) is 14.7 Å². The minimum Gasteiger partial charge on any atom is -0.481 e. The summed E-state index contributed by atoms with van der Waals surface area (Å²) in [6.45, 7) is 16.5. The van der Waals surface area contributed by atoms with Crippen LogP contribution in [0.25, 0.3) is 0 Å². The number of carbonyl (C=O) groups is 2. The molecule has 0 amide bonds. The molecule has 0 aliphatic carbocycles. The zero-order valence-electron chi connectivity index (χ0n) is 16.2. The van der Waals surface area contributed by atoms with E-state index in [4.69, 9.17) is 4.74 Å². The van der Waals surface area contributed by atoms with Crippen LogP contribution in [0.3, 0.4) is 0 Å². The van der Waals surface area contributed by atoms with Gasteiger partial charge < -0.3 is 9.84 Å². The van der Waals surface area contributed by atoms with Crippen LogP contribution in [-0.2, 0) is 14.3 Å². The third-order valence-electron chi connectivity index (χ3n) is 4.83. The average Bonchev–Trinajstić information content (AvgIpc) is 2.35. The van der Waals surface area contributed by atoms with Gasteiger partial charge in [-0.15, -0.1) is 0 Å². The molecule has 0 aromatic heterocycles. The van der Waals surface area contributed by atoms with Crippen molar-refractivity contribution in [1.29, 1.82) is 0 Å². The first-order valence-corrected chi connectivity index (χ1v) is 8.79. The molecule has 0 spiro atoms. The van der Waals surface area contributed by atoms with Gasteiger partial charge >= 0.3 is 11.9 Å². The highest BCUT2D eigenvalue weighted by molar-refractivity contribution is 5.78. The molecular formula is C19H36O4. The summed E-state index contributed by atoms with van der Waals surface area (Å²) < 4.78 is 5.58.